The molecule has 4 rings (SSSR count). The van der Waals surface area contributed by atoms with Gasteiger partial charge in [0.25, 0.3) is 11.7 Å². The van der Waals surface area contributed by atoms with Crippen LogP contribution >= 0.6 is 0 Å². The van der Waals surface area contributed by atoms with Gasteiger partial charge in [-0.2, -0.15) is 0 Å². The molecule has 2 aromatic rings. The minimum absolute atomic E-state index is 0.0150. The van der Waals surface area contributed by atoms with Crippen molar-refractivity contribution in [3.63, 3.8) is 0 Å². The molecule has 0 aromatic heterocycles. The molecule has 0 bridgehead atoms. The largest absolute Gasteiger partial charge is 0.507 e. The van der Waals surface area contributed by atoms with Crippen molar-refractivity contribution in [3.05, 3.63) is 77.1 Å². The summed E-state index contributed by atoms with van der Waals surface area (Å²) in [4.78, 5) is 29.4. The van der Waals surface area contributed by atoms with Crippen LogP contribution < -0.4 is 0 Å². The number of rotatable bonds is 5. The highest BCUT2D eigenvalue weighted by Gasteiger charge is 2.46. The van der Waals surface area contributed by atoms with Crippen LogP contribution in [0.1, 0.15) is 17.2 Å². The van der Waals surface area contributed by atoms with Gasteiger partial charge in [-0.1, -0.05) is 42.5 Å². The van der Waals surface area contributed by atoms with Gasteiger partial charge in [-0.3, -0.25) is 14.5 Å². The number of hydrogen-bond donors (Lipinski definition) is 1. The summed E-state index contributed by atoms with van der Waals surface area (Å²) < 4.78 is 19.3. The van der Waals surface area contributed by atoms with E-state index in [4.69, 9.17) is 4.74 Å². The fourth-order valence-corrected chi connectivity index (χ4v) is 3.96. The monoisotopic (exact) mass is 410 g/mol. The maximum atomic E-state index is 14.0. The van der Waals surface area contributed by atoms with Gasteiger partial charge in [0.1, 0.15) is 11.6 Å². The molecule has 30 heavy (non-hydrogen) atoms. The Bertz CT molecular complexity index is 970. The molecule has 2 aliphatic rings. The van der Waals surface area contributed by atoms with Gasteiger partial charge in [-0.15, -0.1) is 0 Å². The van der Waals surface area contributed by atoms with Gasteiger partial charge < -0.3 is 14.7 Å². The Kier molecular flexibility index (Phi) is 5.92. The summed E-state index contributed by atoms with van der Waals surface area (Å²) in [5, 5.41) is 10.9. The van der Waals surface area contributed by atoms with Crippen LogP contribution in [0.4, 0.5) is 4.39 Å². The van der Waals surface area contributed by atoms with E-state index >= 15 is 0 Å². The zero-order valence-corrected chi connectivity index (χ0v) is 16.5. The molecule has 2 heterocycles. The van der Waals surface area contributed by atoms with E-state index in [9.17, 15) is 19.1 Å². The Morgan fingerprint density at radius 3 is 2.47 bits per heavy atom. The molecule has 1 N–H and O–H groups in total. The molecule has 1 amide bonds. The number of halogens is 1. The van der Waals surface area contributed by atoms with Gasteiger partial charge in [0, 0.05) is 31.7 Å². The Hall–Kier alpha value is -3.03. The second-order valence-corrected chi connectivity index (χ2v) is 7.37. The number of ether oxygens (including phenoxy) is 1. The number of aliphatic hydroxyl groups is 1. The Balaban J connectivity index is 1.73. The minimum atomic E-state index is -0.845. The number of morpholine rings is 1. The van der Waals surface area contributed by atoms with Gasteiger partial charge in [-0.25, -0.2) is 4.39 Å². The van der Waals surface area contributed by atoms with E-state index in [1.807, 2.05) is 0 Å². The van der Waals surface area contributed by atoms with Crippen LogP contribution in [-0.2, 0) is 14.3 Å². The highest BCUT2D eigenvalue weighted by Crippen LogP contribution is 2.39. The van der Waals surface area contributed by atoms with Crippen LogP contribution in [0.15, 0.2) is 60.2 Å². The molecular formula is C23H23FN2O4. The second-order valence-electron chi connectivity index (χ2n) is 7.37. The fraction of sp³-hybridized carbons (Fsp3) is 0.304. The van der Waals surface area contributed by atoms with Crippen LogP contribution in [0, 0.1) is 5.82 Å². The molecule has 1 atom stereocenters. The molecule has 1 unspecified atom stereocenters. The molecule has 0 radical (unpaired) electrons. The van der Waals surface area contributed by atoms with E-state index in [0.717, 1.165) is 13.1 Å². The van der Waals surface area contributed by atoms with Gasteiger partial charge in [0.2, 0.25) is 0 Å². The average molecular weight is 410 g/mol. The van der Waals surface area contributed by atoms with E-state index in [1.54, 1.807) is 36.4 Å². The quantitative estimate of drug-likeness (QED) is 0.466. The van der Waals surface area contributed by atoms with Gasteiger partial charge in [-0.05, 0) is 17.7 Å². The number of Topliss-reactive ketones (excluding diaryl/α,β-unsaturated/α-hetero) is 1. The van der Waals surface area contributed by atoms with Crippen molar-refractivity contribution < 1.29 is 23.8 Å². The second kappa shape index (κ2) is 8.77. The summed E-state index contributed by atoms with van der Waals surface area (Å²) in [6.07, 6.45) is 0. The van der Waals surface area contributed by atoms with Gasteiger partial charge >= 0.3 is 0 Å². The number of ketones is 1. The number of amides is 1. The van der Waals surface area contributed by atoms with Crippen LogP contribution in [0.2, 0.25) is 0 Å². The third-order valence-electron chi connectivity index (χ3n) is 5.51. The number of benzene rings is 2. The van der Waals surface area contributed by atoms with Crippen LogP contribution in [0.3, 0.4) is 0 Å². The smallest absolute Gasteiger partial charge is 0.295 e. The highest BCUT2D eigenvalue weighted by atomic mass is 19.1. The van der Waals surface area contributed by atoms with Gasteiger partial charge in [0.05, 0.1) is 24.8 Å². The van der Waals surface area contributed by atoms with Crippen molar-refractivity contribution in [1.29, 1.82) is 0 Å². The molecule has 2 aliphatic heterocycles. The van der Waals surface area contributed by atoms with Gasteiger partial charge in [0.15, 0.2) is 0 Å². The first kappa shape index (κ1) is 20.3. The van der Waals surface area contributed by atoms with Crippen LogP contribution in [-0.4, -0.2) is 66.0 Å². The topological polar surface area (TPSA) is 70.1 Å². The molecule has 0 spiro atoms. The number of carbonyl (C=O) groups is 2. The van der Waals surface area contributed by atoms with E-state index in [-0.39, 0.29) is 17.9 Å². The Labute approximate surface area is 174 Å². The SMILES string of the molecule is O=C1C(=O)N(CCN2CCOCC2)C(c2cccc(F)c2)/C1=C(/O)c1ccccc1. The number of likely N-dealkylation sites (tertiary alicyclic amines) is 1. The van der Waals surface area contributed by atoms with Crippen LogP contribution in [0.25, 0.3) is 5.76 Å². The van der Waals surface area contributed by atoms with Crippen molar-refractivity contribution in [2.24, 2.45) is 0 Å². The third kappa shape index (κ3) is 3.99. The first-order valence-electron chi connectivity index (χ1n) is 9.95. The molecule has 2 fully saturated rings. The minimum Gasteiger partial charge on any atom is -0.507 e. The predicted molar refractivity (Wildman–Crippen MR) is 109 cm³/mol. The van der Waals surface area contributed by atoms with E-state index in [2.05, 4.69) is 4.90 Å². The number of carbonyl (C=O) groups excluding carboxylic acids is 2. The van der Waals surface area contributed by atoms with Crippen molar-refractivity contribution in [1.82, 2.24) is 9.80 Å². The first-order valence-corrected chi connectivity index (χ1v) is 9.95. The number of nitrogens with zero attached hydrogens (tertiary/aromatic N) is 2. The molecule has 7 heteroatoms. The summed E-state index contributed by atoms with van der Waals surface area (Å²) in [6, 6.07) is 13.6. The zero-order valence-electron chi connectivity index (χ0n) is 16.5. The lowest BCUT2D eigenvalue weighted by Gasteiger charge is -2.31. The molecule has 0 saturated carbocycles. The predicted octanol–water partition coefficient (Wildman–Crippen LogP) is 2.58. The molecule has 156 valence electrons. The summed E-state index contributed by atoms with van der Waals surface area (Å²) in [5.41, 5.74) is 0.873. The summed E-state index contributed by atoms with van der Waals surface area (Å²) in [5.74, 6) is -2.16. The molecule has 0 aliphatic carbocycles. The van der Waals surface area contributed by atoms with E-state index in [0.29, 0.717) is 30.9 Å². The standard InChI is InChI=1S/C23H23FN2O4/c24-18-8-4-7-17(15-18)20-19(21(27)16-5-2-1-3-6-16)22(28)23(29)26(20)10-9-25-11-13-30-14-12-25/h1-8,15,20,27H,9-14H2/b21-19-. The van der Waals surface area contributed by atoms with Crippen molar-refractivity contribution in [2.45, 2.75) is 6.04 Å². The summed E-state index contributed by atoms with van der Waals surface area (Å²) in [7, 11) is 0. The molecule has 2 aromatic carbocycles. The third-order valence-corrected chi connectivity index (χ3v) is 5.51. The van der Waals surface area contributed by atoms with Crippen LogP contribution in [0.5, 0.6) is 0 Å². The van der Waals surface area contributed by atoms with Crippen molar-refractivity contribution >= 4 is 17.4 Å². The van der Waals surface area contributed by atoms with Crippen molar-refractivity contribution in [2.75, 3.05) is 39.4 Å². The number of hydrogen-bond acceptors (Lipinski definition) is 5. The van der Waals surface area contributed by atoms with E-state index in [1.165, 1.54) is 23.1 Å². The Morgan fingerprint density at radius 2 is 1.77 bits per heavy atom. The highest BCUT2D eigenvalue weighted by molar-refractivity contribution is 6.46. The molecule has 2 saturated heterocycles. The zero-order chi connectivity index (χ0) is 21.1. The summed E-state index contributed by atoms with van der Waals surface area (Å²) in [6.45, 7) is 3.60. The Morgan fingerprint density at radius 1 is 1.03 bits per heavy atom. The lowest BCUT2D eigenvalue weighted by atomic mass is 9.95. The maximum Gasteiger partial charge on any atom is 0.295 e. The normalized spacial score (nSPS) is 21.9. The lowest BCUT2D eigenvalue weighted by Crippen LogP contribution is -2.42. The molecular weight excluding hydrogens is 387 g/mol. The lowest BCUT2D eigenvalue weighted by molar-refractivity contribution is -0.140. The average Bonchev–Trinajstić information content (AvgIpc) is 3.03. The molecule has 6 nitrogen and oxygen atoms in total. The maximum absolute atomic E-state index is 14.0. The summed E-state index contributed by atoms with van der Waals surface area (Å²) >= 11 is 0. The number of aliphatic hydroxyl groups excluding tert-OH is 1. The van der Waals surface area contributed by atoms with Crippen molar-refractivity contribution in [3.8, 4) is 0 Å². The first-order chi connectivity index (χ1) is 14.6. The fourth-order valence-electron chi connectivity index (χ4n) is 3.96. The van der Waals surface area contributed by atoms with E-state index < -0.39 is 23.5 Å².